The molecule has 1 aromatic carbocycles. The van der Waals surface area contributed by atoms with Gasteiger partial charge in [0.1, 0.15) is 0 Å². The maximum atomic E-state index is 13.0. The SMILES string of the molecule is COCCNC(=O)C1CN(S(=O)(=O)Cc2ccc(Cl)cc2)CC12CCCC2. The van der Waals surface area contributed by atoms with E-state index >= 15 is 0 Å². The predicted octanol–water partition coefficient (Wildman–Crippen LogP) is 2.42. The van der Waals surface area contributed by atoms with Gasteiger partial charge >= 0.3 is 0 Å². The number of hydrogen-bond acceptors (Lipinski definition) is 4. The van der Waals surface area contributed by atoms with E-state index in [2.05, 4.69) is 5.32 Å². The van der Waals surface area contributed by atoms with E-state index < -0.39 is 10.0 Å². The summed E-state index contributed by atoms with van der Waals surface area (Å²) in [5.74, 6) is -0.423. The second kappa shape index (κ2) is 8.47. The van der Waals surface area contributed by atoms with Crippen LogP contribution in [0.2, 0.25) is 5.02 Å². The number of sulfonamides is 1. The smallest absolute Gasteiger partial charge is 0.225 e. The number of rotatable bonds is 7. The maximum absolute atomic E-state index is 13.0. The van der Waals surface area contributed by atoms with Crippen LogP contribution in [-0.4, -0.2) is 52.0 Å². The highest BCUT2D eigenvalue weighted by atomic mass is 35.5. The number of benzene rings is 1. The summed E-state index contributed by atoms with van der Waals surface area (Å²) in [6.07, 6.45) is 3.91. The Hall–Kier alpha value is -1.15. The number of hydrogen-bond donors (Lipinski definition) is 1. The highest BCUT2D eigenvalue weighted by Gasteiger charge is 2.53. The van der Waals surface area contributed by atoms with Crippen LogP contribution in [0.4, 0.5) is 0 Å². The molecule has 1 unspecified atom stereocenters. The van der Waals surface area contributed by atoms with E-state index in [0.29, 0.717) is 30.3 Å². The minimum Gasteiger partial charge on any atom is -0.383 e. The third-order valence-corrected chi connectivity index (χ3v) is 7.81. The van der Waals surface area contributed by atoms with Gasteiger partial charge in [-0.15, -0.1) is 0 Å². The van der Waals surface area contributed by atoms with E-state index in [4.69, 9.17) is 16.3 Å². The standard InChI is InChI=1S/C19H27ClN2O4S/c1-26-11-10-21-18(23)17-12-22(14-19(17)8-2-3-9-19)27(24,25)13-15-4-6-16(20)7-5-15/h4-7,17H,2-3,8-14H2,1H3,(H,21,23). The molecule has 1 aliphatic carbocycles. The Bertz CT molecular complexity index is 760. The van der Waals surface area contributed by atoms with Gasteiger partial charge in [-0.2, -0.15) is 0 Å². The topological polar surface area (TPSA) is 75.7 Å². The molecular weight excluding hydrogens is 388 g/mol. The van der Waals surface area contributed by atoms with Crippen LogP contribution in [-0.2, 0) is 25.3 Å². The van der Waals surface area contributed by atoms with Gasteiger partial charge in [-0.3, -0.25) is 4.79 Å². The van der Waals surface area contributed by atoms with Crippen molar-refractivity contribution in [1.82, 2.24) is 9.62 Å². The second-order valence-corrected chi connectivity index (χ2v) is 9.99. The zero-order valence-corrected chi connectivity index (χ0v) is 17.2. The highest BCUT2D eigenvalue weighted by molar-refractivity contribution is 7.88. The first-order valence-electron chi connectivity index (χ1n) is 9.35. The molecule has 1 spiro atoms. The molecule has 1 N–H and O–H groups in total. The lowest BCUT2D eigenvalue weighted by Crippen LogP contribution is -2.41. The number of amides is 1. The average Bonchev–Trinajstić information content (AvgIpc) is 3.25. The molecule has 0 aromatic heterocycles. The monoisotopic (exact) mass is 414 g/mol. The fraction of sp³-hybridized carbons (Fsp3) is 0.632. The van der Waals surface area contributed by atoms with Gasteiger partial charge in [0.15, 0.2) is 0 Å². The molecule has 0 radical (unpaired) electrons. The molecule has 0 bridgehead atoms. The molecule has 2 aliphatic rings. The van der Waals surface area contributed by atoms with Gasteiger partial charge in [-0.25, -0.2) is 12.7 Å². The minimum atomic E-state index is -3.50. The first-order valence-corrected chi connectivity index (χ1v) is 11.3. The van der Waals surface area contributed by atoms with Gasteiger partial charge in [0.25, 0.3) is 0 Å². The lowest BCUT2D eigenvalue weighted by Gasteiger charge is -2.29. The molecule has 6 nitrogen and oxygen atoms in total. The Morgan fingerprint density at radius 3 is 2.59 bits per heavy atom. The van der Waals surface area contributed by atoms with Gasteiger partial charge in [-0.05, 0) is 36.0 Å². The fourth-order valence-electron chi connectivity index (χ4n) is 4.36. The van der Waals surface area contributed by atoms with Gasteiger partial charge < -0.3 is 10.1 Å². The first kappa shape index (κ1) is 20.6. The molecular formula is C19H27ClN2O4S. The van der Waals surface area contributed by atoms with Crippen molar-refractivity contribution in [1.29, 1.82) is 0 Å². The second-order valence-electron chi connectivity index (χ2n) is 7.58. The van der Waals surface area contributed by atoms with E-state index in [1.807, 2.05) is 0 Å². The van der Waals surface area contributed by atoms with Crippen LogP contribution >= 0.6 is 11.6 Å². The molecule has 1 atom stereocenters. The van der Waals surface area contributed by atoms with Gasteiger partial charge in [0, 0.05) is 31.8 Å². The van der Waals surface area contributed by atoms with Crippen LogP contribution in [0.25, 0.3) is 0 Å². The number of carbonyl (C=O) groups is 1. The summed E-state index contributed by atoms with van der Waals surface area (Å²) in [5.41, 5.74) is 0.470. The third-order valence-electron chi connectivity index (χ3n) is 5.79. The summed E-state index contributed by atoms with van der Waals surface area (Å²) in [4.78, 5) is 12.7. The van der Waals surface area contributed by atoms with Gasteiger partial charge in [0.2, 0.25) is 15.9 Å². The molecule has 1 aliphatic heterocycles. The van der Waals surface area contributed by atoms with Crippen molar-refractivity contribution in [3.8, 4) is 0 Å². The zero-order chi connectivity index (χ0) is 19.5. The average molecular weight is 415 g/mol. The van der Waals surface area contributed by atoms with Crippen molar-refractivity contribution in [2.24, 2.45) is 11.3 Å². The molecule has 1 saturated heterocycles. The summed E-state index contributed by atoms with van der Waals surface area (Å²) in [6, 6.07) is 6.86. The van der Waals surface area contributed by atoms with E-state index in [1.54, 1.807) is 31.4 Å². The largest absolute Gasteiger partial charge is 0.383 e. The van der Waals surface area contributed by atoms with E-state index in [9.17, 15) is 13.2 Å². The zero-order valence-electron chi connectivity index (χ0n) is 15.6. The number of methoxy groups -OCH3 is 1. The van der Waals surface area contributed by atoms with Crippen LogP contribution in [0.3, 0.4) is 0 Å². The lowest BCUT2D eigenvalue weighted by molar-refractivity contribution is -0.127. The van der Waals surface area contributed by atoms with Crippen molar-refractivity contribution < 1.29 is 17.9 Å². The molecule has 1 aromatic rings. The lowest BCUT2D eigenvalue weighted by atomic mass is 9.76. The third kappa shape index (κ3) is 4.65. The van der Waals surface area contributed by atoms with Crippen molar-refractivity contribution >= 4 is 27.5 Å². The van der Waals surface area contributed by atoms with Crippen LogP contribution in [0.1, 0.15) is 31.2 Å². The normalized spacial score (nSPS) is 22.4. The van der Waals surface area contributed by atoms with Crippen LogP contribution in [0.5, 0.6) is 0 Å². The molecule has 1 heterocycles. The molecule has 2 fully saturated rings. The Kier molecular flexibility index (Phi) is 6.46. The summed E-state index contributed by atoms with van der Waals surface area (Å²) in [5, 5.41) is 3.48. The van der Waals surface area contributed by atoms with E-state index in [0.717, 1.165) is 25.7 Å². The van der Waals surface area contributed by atoms with Crippen molar-refractivity contribution in [2.45, 2.75) is 31.4 Å². The molecule has 150 valence electrons. The minimum absolute atomic E-state index is 0.0573. The van der Waals surface area contributed by atoms with E-state index in [1.165, 1.54) is 4.31 Å². The van der Waals surface area contributed by atoms with Gasteiger partial charge in [0.05, 0.1) is 18.3 Å². The summed E-state index contributed by atoms with van der Waals surface area (Å²) < 4.78 is 32.5. The Morgan fingerprint density at radius 1 is 1.30 bits per heavy atom. The first-order chi connectivity index (χ1) is 12.9. The molecule has 27 heavy (non-hydrogen) atoms. The number of ether oxygens (including phenoxy) is 1. The van der Waals surface area contributed by atoms with Crippen LogP contribution in [0.15, 0.2) is 24.3 Å². The van der Waals surface area contributed by atoms with E-state index in [-0.39, 0.29) is 29.5 Å². The Morgan fingerprint density at radius 2 is 1.96 bits per heavy atom. The quantitative estimate of drug-likeness (QED) is 0.695. The summed E-state index contributed by atoms with van der Waals surface area (Å²) in [6.45, 7) is 1.59. The molecule has 3 rings (SSSR count). The van der Waals surface area contributed by atoms with Crippen LogP contribution in [0, 0.1) is 11.3 Å². The maximum Gasteiger partial charge on any atom is 0.225 e. The Labute approximate surface area is 166 Å². The number of halogens is 1. The van der Waals surface area contributed by atoms with Crippen LogP contribution < -0.4 is 5.32 Å². The number of nitrogens with one attached hydrogen (secondary N) is 1. The van der Waals surface area contributed by atoms with Crippen molar-refractivity contribution in [2.75, 3.05) is 33.4 Å². The molecule has 1 saturated carbocycles. The predicted molar refractivity (Wildman–Crippen MR) is 105 cm³/mol. The Balaban J connectivity index is 1.74. The van der Waals surface area contributed by atoms with Gasteiger partial charge in [-0.1, -0.05) is 36.6 Å². The number of carbonyl (C=O) groups excluding carboxylic acids is 1. The number of nitrogens with zero attached hydrogens (tertiary/aromatic N) is 1. The fourth-order valence-corrected chi connectivity index (χ4v) is 6.12. The highest BCUT2D eigenvalue weighted by Crippen LogP contribution is 2.50. The summed E-state index contributed by atoms with van der Waals surface area (Å²) >= 11 is 5.88. The molecule has 8 heteroatoms. The molecule has 1 amide bonds. The summed E-state index contributed by atoms with van der Waals surface area (Å²) in [7, 11) is -1.91. The van der Waals surface area contributed by atoms with Crippen molar-refractivity contribution in [3.05, 3.63) is 34.9 Å². The van der Waals surface area contributed by atoms with Crippen molar-refractivity contribution in [3.63, 3.8) is 0 Å².